The van der Waals surface area contributed by atoms with Crippen molar-refractivity contribution in [3.63, 3.8) is 0 Å². The van der Waals surface area contributed by atoms with Crippen LogP contribution in [0.3, 0.4) is 0 Å². The van der Waals surface area contributed by atoms with E-state index in [2.05, 4.69) is 29.1 Å². The van der Waals surface area contributed by atoms with Gasteiger partial charge in [-0.1, -0.05) is 35.9 Å². The lowest BCUT2D eigenvalue weighted by molar-refractivity contribution is 0.319. The van der Waals surface area contributed by atoms with Crippen LogP contribution < -0.4 is 0 Å². The van der Waals surface area contributed by atoms with E-state index in [-0.39, 0.29) is 0 Å². The second kappa shape index (κ2) is 5.80. The Balaban J connectivity index is 1.98. The maximum Gasteiger partial charge on any atom is 0.0451 e. The topological polar surface area (TPSA) is 16.1 Å². The van der Waals surface area contributed by atoms with Crippen molar-refractivity contribution in [1.82, 2.24) is 9.88 Å². The highest BCUT2D eigenvalue weighted by molar-refractivity contribution is 6.31. The molecule has 1 heterocycles. The van der Waals surface area contributed by atoms with Gasteiger partial charge in [-0.3, -0.25) is 9.88 Å². The van der Waals surface area contributed by atoms with Crippen molar-refractivity contribution in [3.8, 4) is 0 Å². The van der Waals surface area contributed by atoms with Crippen LogP contribution in [-0.2, 0) is 13.1 Å². The van der Waals surface area contributed by atoms with Crippen LogP contribution in [0.4, 0.5) is 0 Å². The summed E-state index contributed by atoms with van der Waals surface area (Å²) in [4.78, 5) is 6.33. The van der Waals surface area contributed by atoms with Crippen LogP contribution in [0, 0.1) is 0 Å². The van der Waals surface area contributed by atoms with Crippen LogP contribution in [0.25, 0.3) is 0 Å². The van der Waals surface area contributed by atoms with Gasteiger partial charge in [0.05, 0.1) is 0 Å². The Bertz CT molecular complexity index is 471. The van der Waals surface area contributed by atoms with E-state index in [9.17, 15) is 0 Å². The summed E-state index contributed by atoms with van der Waals surface area (Å²) in [5, 5.41) is 0.825. The summed E-state index contributed by atoms with van der Waals surface area (Å²) in [6, 6.07) is 12.0. The van der Waals surface area contributed by atoms with Gasteiger partial charge in [-0.05, 0) is 30.3 Å². The molecule has 0 aliphatic rings. The van der Waals surface area contributed by atoms with E-state index >= 15 is 0 Å². The summed E-state index contributed by atoms with van der Waals surface area (Å²) in [5.74, 6) is 0. The Morgan fingerprint density at radius 2 is 1.94 bits per heavy atom. The van der Waals surface area contributed by atoms with Gasteiger partial charge in [0.25, 0.3) is 0 Å². The maximum absolute atomic E-state index is 6.13. The molecule has 1 aromatic heterocycles. The molecule has 2 rings (SSSR count). The fraction of sp³-hybridized carbons (Fsp3) is 0.214. The zero-order chi connectivity index (χ0) is 12.1. The monoisotopic (exact) mass is 246 g/mol. The molecular formula is C14H15ClN2. The van der Waals surface area contributed by atoms with E-state index in [1.54, 1.807) is 6.20 Å². The third kappa shape index (κ3) is 3.55. The van der Waals surface area contributed by atoms with E-state index in [1.165, 1.54) is 5.56 Å². The molecule has 1 aromatic carbocycles. The van der Waals surface area contributed by atoms with Crippen molar-refractivity contribution in [2.24, 2.45) is 0 Å². The largest absolute Gasteiger partial charge is 0.298 e. The van der Waals surface area contributed by atoms with Gasteiger partial charge < -0.3 is 0 Å². The third-order valence-electron chi connectivity index (χ3n) is 2.57. The molecule has 0 unspecified atom stereocenters. The lowest BCUT2D eigenvalue weighted by atomic mass is 10.2. The normalized spacial score (nSPS) is 10.8. The smallest absolute Gasteiger partial charge is 0.0451 e. The molecule has 0 atom stereocenters. The quantitative estimate of drug-likeness (QED) is 0.822. The van der Waals surface area contributed by atoms with Crippen molar-refractivity contribution >= 4 is 11.6 Å². The standard InChI is InChI=1S/C14H15ClN2/c1-17(10-12-5-4-8-16-9-12)11-13-6-2-3-7-14(13)15/h2-9H,10-11H2,1H3. The van der Waals surface area contributed by atoms with Crippen LogP contribution >= 0.6 is 11.6 Å². The number of rotatable bonds is 4. The molecule has 88 valence electrons. The van der Waals surface area contributed by atoms with Gasteiger partial charge in [0, 0.05) is 30.5 Å². The van der Waals surface area contributed by atoms with Gasteiger partial charge in [0.15, 0.2) is 0 Å². The fourth-order valence-electron chi connectivity index (χ4n) is 1.78. The number of hydrogen-bond donors (Lipinski definition) is 0. The minimum absolute atomic E-state index is 0.825. The highest BCUT2D eigenvalue weighted by atomic mass is 35.5. The van der Waals surface area contributed by atoms with Crippen LogP contribution in [0.15, 0.2) is 48.8 Å². The van der Waals surface area contributed by atoms with E-state index in [4.69, 9.17) is 11.6 Å². The van der Waals surface area contributed by atoms with Gasteiger partial charge in [-0.2, -0.15) is 0 Å². The van der Waals surface area contributed by atoms with Crippen molar-refractivity contribution in [2.75, 3.05) is 7.05 Å². The minimum Gasteiger partial charge on any atom is -0.298 e. The number of pyridine rings is 1. The third-order valence-corrected chi connectivity index (χ3v) is 2.94. The Labute approximate surface area is 107 Å². The molecule has 0 saturated carbocycles. The van der Waals surface area contributed by atoms with Crippen molar-refractivity contribution in [3.05, 3.63) is 64.9 Å². The Kier molecular flexibility index (Phi) is 4.13. The number of halogens is 1. The molecule has 3 heteroatoms. The molecule has 0 saturated heterocycles. The molecule has 2 aromatic rings. The molecule has 2 nitrogen and oxygen atoms in total. The van der Waals surface area contributed by atoms with Crippen LogP contribution in [0.5, 0.6) is 0 Å². The average Bonchev–Trinajstić information content (AvgIpc) is 2.33. The summed E-state index contributed by atoms with van der Waals surface area (Å²) in [6.45, 7) is 1.72. The summed E-state index contributed by atoms with van der Waals surface area (Å²) in [7, 11) is 2.08. The molecule has 17 heavy (non-hydrogen) atoms. The van der Waals surface area contributed by atoms with Crippen molar-refractivity contribution < 1.29 is 0 Å². The summed E-state index contributed by atoms with van der Waals surface area (Å²) >= 11 is 6.13. The Hall–Kier alpha value is -1.38. The average molecular weight is 247 g/mol. The first kappa shape index (κ1) is 12.1. The van der Waals surface area contributed by atoms with Crippen molar-refractivity contribution in [2.45, 2.75) is 13.1 Å². The molecule has 0 amide bonds. The summed E-state index contributed by atoms with van der Waals surface area (Å²) in [6.07, 6.45) is 3.68. The summed E-state index contributed by atoms with van der Waals surface area (Å²) < 4.78 is 0. The Morgan fingerprint density at radius 3 is 2.65 bits per heavy atom. The second-order valence-electron chi connectivity index (χ2n) is 4.12. The van der Waals surface area contributed by atoms with Gasteiger partial charge >= 0.3 is 0 Å². The first-order chi connectivity index (χ1) is 8.25. The van der Waals surface area contributed by atoms with Crippen LogP contribution in [-0.4, -0.2) is 16.9 Å². The van der Waals surface area contributed by atoms with Gasteiger partial charge in [-0.25, -0.2) is 0 Å². The lowest BCUT2D eigenvalue weighted by Crippen LogP contribution is -2.17. The summed E-state index contributed by atoms with van der Waals surface area (Å²) in [5.41, 5.74) is 2.36. The maximum atomic E-state index is 6.13. The number of aromatic nitrogens is 1. The van der Waals surface area contributed by atoms with E-state index in [1.807, 2.05) is 30.5 Å². The van der Waals surface area contributed by atoms with Gasteiger partial charge in [0.1, 0.15) is 0 Å². The fourth-order valence-corrected chi connectivity index (χ4v) is 1.97. The minimum atomic E-state index is 0.825. The zero-order valence-corrected chi connectivity index (χ0v) is 10.6. The highest BCUT2D eigenvalue weighted by Gasteiger charge is 2.04. The molecule has 0 aliphatic carbocycles. The van der Waals surface area contributed by atoms with E-state index < -0.39 is 0 Å². The predicted octanol–water partition coefficient (Wildman–Crippen LogP) is 3.37. The number of nitrogens with zero attached hydrogens (tertiary/aromatic N) is 2. The van der Waals surface area contributed by atoms with Crippen LogP contribution in [0.1, 0.15) is 11.1 Å². The van der Waals surface area contributed by atoms with E-state index in [0.717, 1.165) is 23.7 Å². The molecule has 0 fully saturated rings. The lowest BCUT2D eigenvalue weighted by Gasteiger charge is -2.17. The first-order valence-electron chi connectivity index (χ1n) is 5.56. The first-order valence-corrected chi connectivity index (χ1v) is 5.94. The van der Waals surface area contributed by atoms with Gasteiger partial charge in [0.2, 0.25) is 0 Å². The number of benzene rings is 1. The zero-order valence-electron chi connectivity index (χ0n) is 9.81. The highest BCUT2D eigenvalue weighted by Crippen LogP contribution is 2.17. The van der Waals surface area contributed by atoms with Gasteiger partial charge in [-0.15, -0.1) is 0 Å². The Morgan fingerprint density at radius 1 is 1.12 bits per heavy atom. The van der Waals surface area contributed by atoms with E-state index in [0.29, 0.717) is 0 Å². The molecule has 0 radical (unpaired) electrons. The van der Waals surface area contributed by atoms with Crippen molar-refractivity contribution in [1.29, 1.82) is 0 Å². The molecule has 0 spiro atoms. The SMILES string of the molecule is CN(Cc1cccnc1)Cc1ccccc1Cl. The van der Waals surface area contributed by atoms with Crippen LogP contribution in [0.2, 0.25) is 5.02 Å². The molecule has 0 aliphatic heterocycles. The molecule has 0 N–H and O–H groups in total. The number of hydrogen-bond acceptors (Lipinski definition) is 2. The molecular weight excluding hydrogens is 232 g/mol. The predicted molar refractivity (Wildman–Crippen MR) is 70.9 cm³/mol. The second-order valence-corrected chi connectivity index (χ2v) is 4.53. The molecule has 0 bridgehead atoms.